The Morgan fingerprint density at radius 3 is 2.33 bits per heavy atom. The van der Waals surface area contributed by atoms with E-state index in [4.69, 9.17) is 15.6 Å². The van der Waals surface area contributed by atoms with E-state index in [9.17, 15) is 14.3 Å². The molecule has 2 heterocycles. The second-order valence-electron chi connectivity index (χ2n) is 11.2. The first-order valence-corrected chi connectivity index (χ1v) is 13.6. The van der Waals surface area contributed by atoms with Gasteiger partial charge in [0, 0.05) is 37.9 Å². The van der Waals surface area contributed by atoms with Crippen molar-refractivity contribution in [2.75, 3.05) is 26.2 Å². The average Bonchev–Trinajstić information content (AvgIpc) is 3.32. The third-order valence-corrected chi connectivity index (χ3v) is 6.96. The summed E-state index contributed by atoms with van der Waals surface area (Å²) in [5.74, 6) is 0.639. The summed E-state index contributed by atoms with van der Waals surface area (Å²) in [5, 5.41) is 11.4. The van der Waals surface area contributed by atoms with Crippen molar-refractivity contribution in [2.24, 2.45) is 11.1 Å². The monoisotopic (exact) mass is 537 g/mol. The van der Waals surface area contributed by atoms with Crippen molar-refractivity contribution in [2.45, 2.75) is 58.5 Å². The van der Waals surface area contributed by atoms with Crippen LogP contribution in [0.3, 0.4) is 0 Å². The molecule has 0 bridgehead atoms. The Balaban J connectivity index is 1.77. The standard InChI is InChI=1S/C30H40FN5O3/c1-30(2,3)27(36(20-24(31)18-32)29(38)39-35-16-14-25(37)15-17-35)28-33-26(23-12-8-5-9-13-23)21-34(28)19-22-10-6-4-7-11-22/h4-13,21,24-25,27,37H,14-20,32H2,1-3H3/t24-,27-/m0/s1. The lowest BCUT2D eigenvalue weighted by Gasteiger charge is -2.40. The Morgan fingerprint density at radius 1 is 1.13 bits per heavy atom. The summed E-state index contributed by atoms with van der Waals surface area (Å²) in [6, 6.07) is 19.3. The molecule has 3 aromatic rings. The van der Waals surface area contributed by atoms with Gasteiger partial charge in [-0.25, -0.2) is 14.2 Å². The number of piperidine rings is 1. The van der Waals surface area contributed by atoms with Crippen molar-refractivity contribution in [3.8, 4) is 11.3 Å². The highest BCUT2D eigenvalue weighted by atomic mass is 19.1. The average molecular weight is 538 g/mol. The number of hydrogen-bond donors (Lipinski definition) is 2. The fraction of sp³-hybridized carbons (Fsp3) is 0.467. The van der Waals surface area contributed by atoms with Crippen LogP contribution in [0.5, 0.6) is 0 Å². The smallest absolute Gasteiger partial charge is 0.393 e. The molecule has 0 radical (unpaired) electrons. The van der Waals surface area contributed by atoms with E-state index >= 15 is 0 Å². The number of nitrogens with two attached hydrogens (primary N) is 1. The number of hydroxylamine groups is 2. The number of aliphatic hydroxyl groups is 1. The first-order chi connectivity index (χ1) is 18.7. The van der Waals surface area contributed by atoms with E-state index < -0.39 is 29.8 Å². The Hall–Kier alpha value is -3.27. The highest BCUT2D eigenvalue weighted by Crippen LogP contribution is 2.39. The molecule has 0 spiro atoms. The van der Waals surface area contributed by atoms with Crippen LogP contribution in [0.15, 0.2) is 66.9 Å². The number of nitrogens with zero attached hydrogens (tertiary/aromatic N) is 4. The van der Waals surface area contributed by atoms with Crippen LogP contribution in [-0.4, -0.2) is 69.2 Å². The number of hydrogen-bond acceptors (Lipinski definition) is 6. The second-order valence-corrected chi connectivity index (χ2v) is 11.2. The largest absolute Gasteiger partial charge is 0.429 e. The predicted octanol–water partition coefficient (Wildman–Crippen LogP) is 4.79. The van der Waals surface area contributed by atoms with Gasteiger partial charge in [-0.2, -0.15) is 0 Å². The van der Waals surface area contributed by atoms with Crippen molar-refractivity contribution >= 4 is 6.09 Å². The van der Waals surface area contributed by atoms with Gasteiger partial charge in [0.2, 0.25) is 0 Å². The van der Waals surface area contributed by atoms with Crippen LogP contribution in [0.25, 0.3) is 11.3 Å². The summed E-state index contributed by atoms with van der Waals surface area (Å²) in [6.07, 6.45) is 0.503. The molecule has 1 saturated heterocycles. The Kier molecular flexibility index (Phi) is 9.37. The molecule has 0 unspecified atom stereocenters. The lowest BCUT2D eigenvalue weighted by Crippen LogP contribution is -2.49. The molecule has 2 atom stereocenters. The van der Waals surface area contributed by atoms with Crippen LogP contribution in [0.4, 0.5) is 9.18 Å². The van der Waals surface area contributed by atoms with Gasteiger partial charge >= 0.3 is 6.09 Å². The molecular formula is C30H40FN5O3. The molecule has 210 valence electrons. The van der Waals surface area contributed by atoms with Crippen molar-refractivity contribution in [3.05, 3.63) is 78.2 Å². The molecule has 1 aliphatic heterocycles. The minimum absolute atomic E-state index is 0.218. The van der Waals surface area contributed by atoms with Crippen molar-refractivity contribution < 1.29 is 19.1 Å². The van der Waals surface area contributed by atoms with Gasteiger partial charge < -0.3 is 20.2 Å². The Labute approximate surface area is 230 Å². The van der Waals surface area contributed by atoms with Crippen molar-refractivity contribution in [1.82, 2.24) is 19.5 Å². The summed E-state index contributed by atoms with van der Waals surface area (Å²) in [5.41, 5.74) is 7.93. The molecule has 0 saturated carbocycles. The lowest BCUT2D eigenvalue weighted by atomic mass is 9.84. The number of aliphatic hydroxyl groups excluding tert-OH is 1. The third kappa shape index (κ3) is 7.44. The van der Waals surface area contributed by atoms with E-state index in [0.717, 1.165) is 16.8 Å². The van der Waals surface area contributed by atoms with Crippen molar-refractivity contribution in [1.29, 1.82) is 0 Å². The lowest BCUT2D eigenvalue weighted by molar-refractivity contribution is -0.142. The zero-order chi connectivity index (χ0) is 28.0. The Morgan fingerprint density at radius 2 is 1.74 bits per heavy atom. The summed E-state index contributed by atoms with van der Waals surface area (Å²) in [6.45, 7) is 6.94. The van der Waals surface area contributed by atoms with Crippen LogP contribution >= 0.6 is 0 Å². The molecule has 0 aliphatic carbocycles. The topological polar surface area (TPSA) is 96.9 Å². The molecular weight excluding hydrogens is 497 g/mol. The predicted molar refractivity (Wildman–Crippen MR) is 149 cm³/mol. The minimum Gasteiger partial charge on any atom is -0.393 e. The molecule has 1 amide bonds. The number of imidazole rings is 1. The van der Waals surface area contributed by atoms with E-state index in [1.807, 2.05) is 92.2 Å². The number of rotatable bonds is 9. The number of carbonyl (C=O) groups excluding carboxylic acids is 1. The van der Waals surface area contributed by atoms with E-state index in [1.54, 1.807) is 5.06 Å². The highest BCUT2D eigenvalue weighted by Gasteiger charge is 2.41. The van der Waals surface area contributed by atoms with Gasteiger partial charge in [-0.05, 0) is 23.8 Å². The summed E-state index contributed by atoms with van der Waals surface area (Å²) < 4.78 is 16.9. The van der Waals surface area contributed by atoms with Gasteiger partial charge in [-0.3, -0.25) is 4.90 Å². The molecule has 2 aromatic carbocycles. The van der Waals surface area contributed by atoms with E-state index in [-0.39, 0.29) is 13.1 Å². The minimum atomic E-state index is -1.43. The molecule has 39 heavy (non-hydrogen) atoms. The zero-order valence-corrected chi connectivity index (χ0v) is 23.0. The first kappa shape index (κ1) is 28.7. The van der Waals surface area contributed by atoms with Crippen molar-refractivity contribution in [3.63, 3.8) is 0 Å². The van der Waals surface area contributed by atoms with E-state index in [0.29, 0.717) is 38.3 Å². The number of halogens is 1. The zero-order valence-electron chi connectivity index (χ0n) is 23.0. The SMILES string of the molecule is CC(C)(C)[C@H](c1nc(-c2ccccc2)cn1Cc1ccccc1)N(C[C@@H](F)CN)C(=O)ON1CCC(O)CC1. The number of amides is 1. The van der Waals surface area contributed by atoms with E-state index in [2.05, 4.69) is 0 Å². The quantitative estimate of drug-likeness (QED) is 0.407. The number of benzene rings is 2. The number of alkyl halides is 1. The maximum atomic E-state index is 14.9. The molecule has 9 heteroatoms. The van der Waals surface area contributed by atoms with Gasteiger partial charge in [0.05, 0.1) is 24.4 Å². The van der Waals surface area contributed by atoms with Crippen LogP contribution in [0.1, 0.15) is 51.0 Å². The van der Waals surface area contributed by atoms with Crippen LogP contribution < -0.4 is 5.73 Å². The van der Waals surface area contributed by atoms with Gasteiger partial charge in [0.15, 0.2) is 0 Å². The summed E-state index contributed by atoms with van der Waals surface area (Å²) >= 11 is 0. The van der Waals surface area contributed by atoms with E-state index in [1.165, 1.54) is 4.90 Å². The van der Waals surface area contributed by atoms with Gasteiger partial charge in [0.1, 0.15) is 12.0 Å². The summed E-state index contributed by atoms with van der Waals surface area (Å²) in [7, 11) is 0. The van der Waals surface area contributed by atoms with Gasteiger partial charge in [0.25, 0.3) is 0 Å². The van der Waals surface area contributed by atoms with Gasteiger partial charge in [-0.15, -0.1) is 5.06 Å². The number of aromatic nitrogens is 2. The normalized spacial score (nSPS) is 16.6. The molecule has 8 nitrogen and oxygen atoms in total. The van der Waals surface area contributed by atoms with Crippen LogP contribution in [0, 0.1) is 5.41 Å². The first-order valence-electron chi connectivity index (χ1n) is 13.6. The maximum Gasteiger partial charge on any atom is 0.429 e. The summed E-state index contributed by atoms with van der Waals surface area (Å²) in [4.78, 5) is 25.9. The van der Waals surface area contributed by atoms with Crippen LogP contribution in [0.2, 0.25) is 0 Å². The highest BCUT2D eigenvalue weighted by molar-refractivity contribution is 5.68. The second kappa shape index (κ2) is 12.7. The third-order valence-electron chi connectivity index (χ3n) is 6.96. The number of carbonyl (C=O) groups is 1. The molecule has 4 rings (SSSR count). The molecule has 3 N–H and O–H groups in total. The molecule has 1 aromatic heterocycles. The van der Waals surface area contributed by atoms with Crippen LogP contribution in [-0.2, 0) is 11.4 Å². The Bertz CT molecular complexity index is 1190. The van der Waals surface area contributed by atoms with Gasteiger partial charge in [-0.1, -0.05) is 81.4 Å². The molecule has 1 fully saturated rings. The molecule has 1 aliphatic rings. The fourth-order valence-electron chi connectivity index (χ4n) is 4.97. The fourth-order valence-corrected chi connectivity index (χ4v) is 4.97. The maximum absolute atomic E-state index is 14.9.